The van der Waals surface area contributed by atoms with Crippen molar-refractivity contribution < 1.29 is 28.6 Å². The van der Waals surface area contributed by atoms with Crippen LogP contribution in [0.1, 0.15) is 323 Å². The fourth-order valence-electron chi connectivity index (χ4n) is 9.17. The molecule has 0 bridgehead atoms. The van der Waals surface area contributed by atoms with Gasteiger partial charge in [-0.05, 0) is 89.9 Å². The lowest BCUT2D eigenvalue weighted by Gasteiger charge is -2.18. The Morgan fingerprint density at radius 3 is 0.824 bits per heavy atom. The molecule has 0 heterocycles. The van der Waals surface area contributed by atoms with Crippen LogP contribution in [0.3, 0.4) is 0 Å². The summed E-state index contributed by atoms with van der Waals surface area (Å²) in [5.74, 6) is -0.892. The molecule has 0 fully saturated rings. The SMILES string of the molecule is CC/C=C\C/C=C\C/C=C\C/C=C\CCCCCCC(=O)OC(COC(=O)CCCCCCCCCCCCCCCC)COC(=O)CCCCCCCCCCCCCCC/C=C\C/C=C\CCCCCCC. The molecule has 1 unspecified atom stereocenters. The maximum absolute atomic E-state index is 12.9. The standard InChI is InChI=1S/C68H120O6/c1-4-7-10-13-16-19-22-25-28-30-31-32-33-34-35-36-37-39-40-43-46-49-52-55-58-61-67(70)73-64-65(63-72-66(69)60-57-54-51-48-45-42-27-24-21-18-15-12-9-6-3)74-68(71)62-59-56-53-50-47-44-41-38-29-26-23-20-17-14-11-8-5-2/h8,11,17,20,22,25-26,29-31,41,44,65H,4-7,9-10,12-16,18-19,21,23-24,27-28,32-40,42-43,45-64H2,1-3H3/b11-8-,20-17-,25-22-,29-26-,31-30-,44-41-. The first-order valence-corrected chi connectivity index (χ1v) is 31.9. The van der Waals surface area contributed by atoms with Gasteiger partial charge in [-0.15, -0.1) is 0 Å². The Balaban J connectivity index is 4.31. The first kappa shape index (κ1) is 70.8. The number of rotatable bonds is 58. The van der Waals surface area contributed by atoms with E-state index in [2.05, 4.69) is 93.7 Å². The predicted molar refractivity (Wildman–Crippen MR) is 321 cm³/mol. The van der Waals surface area contributed by atoms with Gasteiger partial charge in [0.2, 0.25) is 0 Å². The first-order valence-electron chi connectivity index (χ1n) is 31.9. The molecule has 0 spiro atoms. The molecule has 1 atom stereocenters. The summed E-state index contributed by atoms with van der Waals surface area (Å²) in [7, 11) is 0. The lowest BCUT2D eigenvalue weighted by Crippen LogP contribution is -2.30. The first-order chi connectivity index (χ1) is 36.5. The van der Waals surface area contributed by atoms with E-state index in [-0.39, 0.29) is 31.1 Å². The van der Waals surface area contributed by atoms with Crippen molar-refractivity contribution in [2.45, 2.75) is 329 Å². The summed E-state index contributed by atoms with van der Waals surface area (Å²) in [6.45, 7) is 6.53. The molecule has 6 nitrogen and oxygen atoms in total. The van der Waals surface area contributed by atoms with Crippen LogP contribution < -0.4 is 0 Å². The highest BCUT2D eigenvalue weighted by molar-refractivity contribution is 5.71. The number of unbranched alkanes of at least 4 members (excludes halogenated alkanes) is 35. The van der Waals surface area contributed by atoms with Crippen molar-refractivity contribution in [1.82, 2.24) is 0 Å². The minimum atomic E-state index is -0.788. The monoisotopic (exact) mass is 1030 g/mol. The largest absolute Gasteiger partial charge is 0.462 e. The second-order valence-corrected chi connectivity index (χ2v) is 21.3. The average molecular weight is 1030 g/mol. The molecule has 428 valence electrons. The molecular weight excluding hydrogens is 913 g/mol. The van der Waals surface area contributed by atoms with Gasteiger partial charge in [-0.1, -0.05) is 286 Å². The molecule has 0 aromatic rings. The molecule has 74 heavy (non-hydrogen) atoms. The van der Waals surface area contributed by atoms with Gasteiger partial charge >= 0.3 is 17.9 Å². The van der Waals surface area contributed by atoms with E-state index in [0.717, 1.165) is 103 Å². The summed E-state index contributed by atoms with van der Waals surface area (Å²) >= 11 is 0. The van der Waals surface area contributed by atoms with Gasteiger partial charge in [0, 0.05) is 19.3 Å². The lowest BCUT2D eigenvalue weighted by atomic mass is 10.0. The van der Waals surface area contributed by atoms with E-state index in [1.165, 1.54) is 180 Å². The predicted octanol–water partition coefficient (Wildman–Crippen LogP) is 21.7. The molecule has 0 aliphatic carbocycles. The summed E-state index contributed by atoms with van der Waals surface area (Å²) in [5, 5.41) is 0. The highest BCUT2D eigenvalue weighted by Crippen LogP contribution is 2.17. The Morgan fingerprint density at radius 2 is 0.527 bits per heavy atom. The van der Waals surface area contributed by atoms with E-state index in [4.69, 9.17) is 14.2 Å². The molecule has 0 aliphatic rings. The van der Waals surface area contributed by atoms with Gasteiger partial charge in [0.15, 0.2) is 6.10 Å². The number of esters is 3. The fraction of sp³-hybridized carbons (Fsp3) is 0.779. The zero-order chi connectivity index (χ0) is 53.6. The summed E-state index contributed by atoms with van der Waals surface area (Å²) in [6, 6.07) is 0. The van der Waals surface area contributed by atoms with Crippen molar-refractivity contribution in [2.75, 3.05) is 13.2 Å². The van der Waals surface area contributed by atoms with Crippen molar-refractivity contribution in [1.29, 1.82) is 0 Å². The molecule has 0 aromatic carbocycles. The maximum Gasteiger partial charge on any atom is 0.306 e. The Labute approximate surface area is 459 Å². The van der Waals surface area contributed by atoms with Gasteiger partial charge in [-0.3, -0.25) is 14.4 Å². The van der Waals surface area contributed by atoms with Crippen LogP contribution in [0.25, 0.3) is 0 Å². The van der Waals surface area contributed by atoms with E-state index in [0.29, 0.717) is 19.3 Å². The number of carbonyl (C=O) groups excluding carboxylic acids is 3. The maximum atomic E-state index is 12.9. The summed E-state index contributed by atoms with van der Waals surface area (Å²) in [4.78, 5) is 38.3. The van der Waals surface area contributed by atoms with Crippen LogP contribution >= 0.6 is 0 Å². The minimum absolute atomic E-state index is 0.0824. The van der Waals surface area contributed by atoms with Crippen LogP contribution in [-0.2, 0) is 28.6 Å². The number of carbonyl (C=O) groups is 3. The molecule has 0 N–H and O–H groups in total. The van der Waals surface area contributed by atoms with E-state index >= 15 is 0 Å². The van der Waals surface area contributed by atoms with Crippen LogP contribution in [-0.4, -0.2) is 37.2 Å². The van der Waals surface area contributed by atoms with Crippen LogP contribution in [0.2, 0.25) is 0 Å². The zero-order valence-corrected chi connectivity index (χ0v) is 49.1. The summed E-state index contributed by atoms with van der Waals surface area (Å²) in [6.07, 6.45) is 80.5. The molecule has 0 aliphatic heterocycles. The number of ether oxygens (including phenoxy) is 3. The molecule has 0 aromatic heterocycles. The lowest BCUT2D eigenvalue weighted by molar-refractivity contribution is -0.167. The quantitative estimate of drug-likeness (QED) is 0.0261. The Morgan fingerprint density at radius 1 is 0.284 bits per heavy atom. The second kappa shape index (κ2) is 62.4. The van der Waals surface area contributed by atoms with Crippen molar-refractivity contribution in [2.24, 2.45) is 0 Å². The molecule has 0 rings (SSSR count). The third-order valence-corrected chi connectivity index (χ3v) is 13.9. The van der Waals surface area contributed by atoms with Gasteiger partial charge in [0.05, 0.1) is 0 Å². The molecule has 0 radical (unpaired) electrons. The van der Waals surface area contributed by atoms with E-state index < -0.39 is 6.10 Å². The van der Waals surface area contributed by atoms with Crippen molar-refractivity contribution >= 4 is 17.9 Å². The summed E-state index contributed by atoms with van der Waals surface area (Å²) < 4.78 is 16.9. The van der Waals surface area contributed by atoms with Crippen LogP contribution in [0.15, 0.2) is 72.9 Å². The average Bonchev–Trinajstić information content (AvgIpc) is 3.40. The van der Waals surface area contributed by atoms with Crippen LogP contribution in [0.5, 0.6) is 0 Å². The molecule has 0 saturated carbocycles. The molecule has 0 amide bonds. The number of hydrogen-bond donors (Lipinski definition) is 0. The normalized spacial score (nSPS) is 12.5. The Hall–Kier alpha value is -3.15. The van der Waals surface area contributed by atoms with E-state index in [9.17, 15) is 14.4 Å². The number of hydrogen-bond acceptors (Lipinski definition) is 6. The van der Waals surface area contributed by atoms with Crippen molar-refractivity contribution in [3.05, 3.63) is 72.9 Å². The third-order valence-electron chi connectivity index (χ3n) is 13.9. The third kappa shape index (κ3) is 59.7. The highest BCUT2D eigenvalue weighted by Gasteiger charge is 2.19. The minimum Gasteiger partial charge on any atom is -0.462 e. The van der Waals surface area contributed by atoms with E-state index in [1.54, 1.807) is 0 Å². The van der Waals surface area contributed by atoms with Gasteiger partial charge in [0.25, 0.3) is 0 Å². The molecule has 0 saturated heterocycles. The second-order valence-electron chi connectivity index (χ2n) is 21.3. The van der Waals surface area contributed by atoms with Gasteiger partial charge in [-0.2, -0.15) is 0 Å². The number of allylic oxidation sites excluding steroid dienone is 12. The topological polar surface area (TPSA) is 78.9 Å². The molecular formula is C68H120O6. The van der Waals surface area contributed by atoms with Crippen LogP contribution in [0, 0.1) is 0 Å². The van der Waals surface area contributed by atoms with Crippen molar-refractivity contribution in [3.8, 4) is 0 Å². The Bertz CT molecular complexity index is 1370. The smallest absolute Gasteiger partial charge is 0.306 e. The van der Waals surface area contributed by atoms with Crippen molar-refractivity contribution in [3.63, 3.8) is 0 Å². The Kier molecular flexibility index (Phi) is 59.7. The van der Waals surface area contributed by atoms with Gasteiger partial charge in [-0.25, -0.2) is 0 Å². The zero-order valence-electron chi connectivity index (χ0n) is 49.1. The van der Waals surface area contributed by atoms with Gasteiger partial charge in [0.1, 0.15) is 13.2 Å². The fourth-order valence-corrected chi connectivity index (χ4v) is 9.17. The van der Waals surface area contributed by atoms with E-state index in [1.807, 2.05) is 0 Å². The van der Waals surface area contributed by atoms with Crippen LogP contribution in [0.4, 0.5) is 0 Å². The molecule has 6 heteroatoms. The summed E-state index contributed by atoms with van der Waals surface area (Å²) in [5.41, 5.74) is 0. The van der Waals surface area contributed by atoms with Gasteiger partial charge < -0.3 is 14.2 Å². The highest BCUT2D eigenvalue weighted by atomic mass is 16.6.